The lowest BCUT2D eigenvalue weighted by Gasteiger charge is -2.30. The van der Waals surface area contributed by atoms with Crippen LogP contribution in [-0.4, -0.2) is 18.7 Å². The minimum absolute atomic E-state index is 0.443. The maximum atomic E-state index is 6.02. The third kappa shape index (κ3) is 2.68. The molecule has 2 aliphatic rings. The first-order valence-corrected chi connectivity index (χ1v) is 6.56. The fourth-order valence-electron chi connectivity index (χ4n) is 2.90. The second kappa shape index (κ2) is 5.17. The van der Waals surface area contributed by atoms with Crippen molar-refractivity contribution < 1.29 is 4.74 Å². The first-order chi connectivity index (χ1) is 8.42. The summed E-state index contributed by atoms with van der Waals surface area (Å²) in [4.78, 5) is 0. The van der Waals surface area contributed by atoms with Crippen LogP contribution in [0, 0.1) is 5.92 Å². The molecule has 2 N–H and O–H groups in total. The SMILES string of the molecule is c1ccc(COC2CCC3NNCC3C2)cc1. The zero-order valence-electron chi connectivity index (χ0n) is 10.1. The molecule has 3 heteroatoms. The van der Waals surface area contributed by atoms with E-state index in [1.165, 1.54) is 24.8 Å². The lowest BCUT2D eigenvalue weighted by molar-refractivity contribution is 0.00114. The molecule has 1 heterocycles. The monoisotopic (exact) mass is 232 g/mol. The average molecular weight is 232 g/mol. The van der Waals surface area contributed by atoms with Crippen molar-refractivity contribution >= 4 is 0 Å². The van der Waals surface area contributed by atoms with E-state index >= 15 is 0 Å². The van der Waals surface area contributed by atoms with Crippen LogP contribution in [-0.2, 0) is 11.3 Å². The summed E-state index contributed by atoms with van der Waals surface area (Å²) in [5.74, 6) is 0.754. The van der Waals surface area contributed by atoms with Gasteiger partial charge in [0.2, 0.25) is 0 Å². The fourth-order valence-corrected chi connectivity index (χ4v) is 2.90. The van der Waals surface area contributed by atoms with E-state index in [1.54, 1.807) is 0 Å². The molecule has 1 aliphatic heterocycles. The first kappa shape index (κ1) is 11.2. The largest absolute Gasteiger partial charge is 0.374 e. The van der Waals surface area contributed by atoms with Gasteiger partial charge in [0, 0.05) is 12.6 Å². The number of rotatable bonds is 3. The van der Waals surface area contributed by atoms with Gasteiger partial charge < -0.3 is 4.74 Å². The van der Waals surface area contributed by atoms with E-state index in [2.05, 4.69) is 35.1 Å². The Labute approximate surface area is 103 Å². The van der Waals surface area contributed by atoms with Crippen molar-refractivity contribution in [3.05, 3.63) is 35.9 Å². The van der Waals surface area contributed by atoms with Gasteiger partial charge in [0.15, 0.2) is 0 Å². The molecule has 1 aromatic rings. The van der Waals surface area contributed by atoms with Gasteiger partial charge in [-0.1, -0.05) is 30.3 Å². The minimum Gasteiger partial charge on any atom is -0.374 e. The van der Waals surface area contributed by atoms with Crippen molar-refractivity contribution in [2.75, 3.05) is 6.54 Å². The summed E-state index contributed by atoms with van der Waals surface area (Å²) in [6.07, 6.45) is 4.05. The molecule has 1 saturated carbocycles. The van der Waals surface area contributed by atoms with Crippen molar-refractivity contribution in [3.63, 3.8) is 0 Å². The Bertz CT molecular complexity index is 354. The molecule has 92 valence electrons. The Hall–Kier alpha value is -0.900. The standard InChI is InChI=1S/C14H20N2O/c1-2-4-11(5-3-1)10-17-13-6-7-14-12(8-13)9-15-16-14/h1-5,12-16H,6-10H2. The molecule has 3 rings (SSSR count). The van der Waals surface area contributed by atoms with Crippen LogP contribution in [0.3, 0.4) is 0 Å². The molecule has 3 unspecified atom stereocenters. The quantitative estimate of drug-likeness (QED) is 0.834. The van der Waals surface area contributed by atoms with E-state index in [1.807, 2.05) is 6.07 Å². The lowest BCUT2D eigenvalue weighted by atomic mass is 9.84. The van der Waals surface area contributed by atoms with E-state index in [-0.39, 0.29) is 0 Å². The summed E-state index contributed by atoms with van der Waals surface area (Å²) in [5.41, 5.74) is 7.88. The van der Waals surface area contributed by atoms with Crippen LogP contribution in [0.5, 0.6) is 0 Å². The van der Waals surface area contributed by atoms with Crippen LogP contribution in [0.4, 0.5) is 0 Å². The third-order valence-electron chi connectivity index (χ3n) is 3.91. The molecule has 1 aromatic carbocycles. The van der Waals surface area contributed by atoms with Crippen molar-refractivity contribution in [1.82, 2.24) is 10.9 Å². The number of nitrogens with one attached hydrogen (secondary N) is 2. The van der Waals surface area contributed by atoms with Crippen molar-refractivity contribution in [3.8, 4) is 0 Å². The molecule has 3 nitrogen and oxygen atoms in total. The maximum absolute atomic E-state index is 6.02. The molecule has 0 bridgehead atoms. The highest BCUT2D eigenvalue weighted by molar-refractivity contribution is 5.13. The number of hydrazine groups is 1. The highest BCUT2D eigenvalue weighted by atomic mass is 16.5. The molecular weight excluding hydrogens is 212 g/mol. The van der Waals surface area contributed by atoms with Gasteiger partial charge in [-0.15, -0.1) is 0 Å². The van der Waals surface area contributed by atoms with E-state index in [0.29, 0.717) is 12.1 Å². The van der Waals surface area contributed by atoms with Crippen LogP contribution < -0.4 is 10.9 Å². The lowest BCUT2D eigenvalue weighted by Crippen LogP contribution is -2.37. The number of fused-ring (bicyclic) bond motifs is 1. The summed E-state index contributed by atoms with van der Waals surface area (Å²) < 4.78 is 6.02. The molecule has 1 saturated heterocycles. The van der Waals surface area contributed by atoms with E-state index < -0.39 is 0 Å². The second-order valence-corrected chi connectivity index (χ2v) is 5.12. The Kier molecular flexibility index (Phi) is 3.41. The van der Waals surface area contributed by atoms with Gasteiger partial charge in [0.1, 0.15) is 0 Å². The number of hydrogen-bond donors (Lipinski definition) is 2. The molecule has 0 spiro atoms. The number of benzene rings is 1. The normalized spacial score (nSPS) is 32.4. The third-order valence-corrected chi connectivity index (χ3v) is 3.91. The predicted octanol–water partition coefficient (Wildman–Crippen LogP) is 1.85. The van der Waals surface area contributed by atoms with E-state index in [9.17, 15) is 0 Å². The van der Waals surface area contributed by atoms with Crippen molar-refractivity contribution in [2.24, 2.45) is 5.92 Å². The zero-order chi connectivity index (χ0) is 11.5. The smallest absolute Gasteiger partial charge is 0.0720 e. The Morgan fingerprint density at radius 1 is 1.18 bits per heavy atom. The van der Waals surface area contributed by atoms with Crippen LogP contribution in [0.2, 0.25) is 0 Å². The molecule has 0 amide bonds. The molecule has 0 radical (unpaired) electrons. The van der Waals surface area contributed by atoms with Gasteiger partial charge in [-0.3, -0.25) is 10.9 Å². The first-order valence-electron chi connectivity index (χ1n) is 6.56. The van der Waals surface area contributed by atoms with E-state index in [4.69, 9.17) is 4.74 Å². The van der Waals surface area contributed by atoms with Gasteiger partial charge in [0.25, 0.3) is 0 Å². The Morgan fingerprint density at radius 3 is 2.94 bits per heavy atom. The summed E-state index contributed by atoms with van der Waals surface area (Å²) in [6.45, 7) is 1.85. The topological polar surface area (TPSA) is 33.3 Å². The van der Waals surface area contributed by atoms with Crippen molar-refractivity contribution in [1.29, 1.82) is 0 Å². The van der Waals surface area contributed by atoms with Crippen LogP contribution in [0.25, 0.3) is 0 Å². The van der Waals surface area contributed by atoms with Gasteiger partial charge in [-0.05, 0) is 30.7 Å². The summed E-state index contributed by atoms with van der Waals surface area (Å²) in [7, 11) is 0. The molecule has 2 fully saturated rings. The molecular formula is C14H20N2O. The average Bonchev–Trinajstić information content (AvgIpc) is 2.85. The molecule has 17 heavy (non-hydrogen) atoms. The fraction of sp³-hybridized carbons (Fsp3) is 0.571. The van der Waals surface area contributed by atoms with Gasteiger partial charge in [0.05, 0.1) is 12.7 Å². The second-order valence-electron chi connectivity index (χ2n) is 5.12. The minimum atomic E-state index is 0.443. The highest BCUT2D eigenvalue weighted by Crippen LogP contribution is 2.28. The highest BCUT2D eigenvalue weighted by Gasteiger charge is 2.33. The summed E-state index contributed by atoms with van der Waals surface area (Å²) in [5, 5.41) is 0. The van der Waals surface area contributed by atoms with Gasteiger partial charge in [-0.25, -0.2) is 0 Å². The van der Waals surface area contributed by atoms with Gasteiger partial charge in [-0.2, -0.15) is 0 Å². The van der Waals surface area contributed by atoms with Crippen LogP contribution in [0.15, 0.2) is 30.3 Å². The zero-order valence-corrected chi connectivity index (χ0v) is 10.1. The summed E-state index contributed by atoms with van der Waals surface area (Å²) >= 11 is 0. The Balaban J connectivity index is 1.50. The Morgan fingerprint density at radius 2 is 2.06 bits per heavy atom. The van der Waals surface area contributed by atoms with Crippen LogP contribution >= 0.6 is 0 Å². The van der Waals surface area contributed by atoms with Crippen LogP contribution in [0.1, 0.15) is 24.8 Å². The summed E-state index contributed by atoms with van der Waals surface area (Å²) in [6, 6.07) is 11.1. The molecule has 1 aliphatic carbocycles. The van der Waals surface area contributed by atoms with Gasteiger partial charge >= 0.3 is 0 Å². The predicted molar refractivity (Wildman–Crippen MR) is 67.3 cm³/mol. The number of hydrogen-bond acceptors (Lipinski definition) is 3. The van der Waals surface area contributed by atoms with E-state index in [0.717, 1.165) is 19.1 Å². The molecule has 0 aromatic heterocycles. The molecule has 3 atom stereocenters. The number of ether oxygens (including phenoxy) is 1. The maximum Gasteiger partial charge on any atom is 0.0720 e. The van der Waals surface area contributed by atoms with Crippen molar-refractivity contribution in [2.45, 2.75) is 38.0 Å².